The number of amides is 1. The molecule has 90 valence electrons. The van der Waals surface area contributed by atoms with Gasteiger partial charge in [0.2, 0.25) is 5.91 Å². The van der Waals surface area contributed by atoms with E-state index in [9.17, 15) is 4.79 Å². The molecular formula is C12H15N3OS. The maximum absolute atomic E-state index is 11.1. The van der Waals surface area contributed by atoms with Crippen molar-refractivity contribution in [2.75, 3.05) is 0 Å². The van der Waals surface area contributed by atoms with Crippen LogP contribution < -0.4 is 5.73 Å². The van der Waals surface area contributed by atoms with Crippen LogP contribution in [0.15, 0.2) is 29.4 Å². The third-order valence-electron chi connectivity index (χ3n) is 2.62. The summed E-state index contributed by atoms with van der Waals surface area (Å²) >= 11 is 1.41. The number of imidazole rings is 1. The molecule has 1 amide bonds. The van der Waals surface area contributed by atoms with E-state index in [0.717, 1.165) is 22.7 Å². The minimum atomic E-state index is -0.315. The standard InChI is InChI=1S/C12H15N3OS/c1-3-15-10-7-5-4-6-9(10)14-12(15)17-8(2)11(13)16/h4-8H,3H2,1-2H3,(H2,13,16). The molecule has 0 saturated carbocycles. The highest BCUT2D eigenvalue weighted by molar-refractivity contribution is 8.00. The molecule has 1 atom stereocenters. The van der Waals surface area contributed by atoms with E-state index in [1.165, 1.54) is 11.8 Å². The van der Waals surface area contributed by atoms with Crippen LogP contribution in [-0.4, -0.2) is 20.7 Å². The van der Waals surface area contributed by atoms with Crippen molar-refractivity contribution in [3.63, 3.8) is 0 Å². The number of carbonyl (C=O) groups is 1. The van der Waals surface area contributed by atoms with Crippen molar-refractivity contribution in [3.05, 3.63) is 24.3 Å². The molecule has 1 aromatic heterocycles. The molecule has 0 aliphatic carbocycles. The topological polar surface area (TPSA) is 60.9 Å². The van der Waals surface area contributed by atoms with Crippen LogP contribution in [0.5, 0.6) is 0 Å². The van der Waals surface area contributed by atoms with Crippen LogP contribution in [0.1, 0.15) is 13.8 Å². The summed E-state index contributed by atoms with van der Waals surface area (Å²) in [5, 5.41) is 0.581. The molecule has 0 fully saturated rings. The first kappa shape index (κ1) is 12.0. The van der Waals surface area contributed by atoms with Gasteiger partial charge >= 0.3 is 0 Å². The van der Waals surface area contributed by atoms with Gasteiger partial charge in [0.1, 0.15) is 0 Å². The number of primary amides is 1. The minimum absolute atomic E-state index is 0.267. The summed E-state index contributed by atoms with van der Waals surface area (Å²) in [5.41, 5.74) is 7.32. The minimum Gasteiger partial charge on any atom is -0.369 e. The van der Waals surface area contributed by atoms with E-state index in [1.807, 2.05) is 24.3 Å². The van der Waals surface area contributed by atoms with Gasteiger partial charge in [-0.25, -0.2) is 4.98 Å². The maximum Gasteiger partial charge on any atom is 0.230 e. The monoisotopic (exact) mass is 249 g/mol. The van der Waals surface area contributed by atoms with Gasteiger partial charge in [0.15, 0.2) is 5.16 Å². The molecule has 1 aromatic carbocycles. The highest BCUT2D eigenvalue weighted by Crippen LogP contribution is 2.26. The number of rotatable bonds is 4. The number of nitrogens with zero attached hydrogens (tertiary/aromatic N) is 2. The van der Waals surface area contributed by atoms with Crippen molar-refractivity contribution in [2.24, 2.45) is 5.73 Å². The first-order chi connectivity index (χ1) is 8.13. The Bertz CT molecular complexity index is 550. The Balaban J connectivity index is 2.43. The fraction of sp³-hybridized carbons (Fsp3) is 0.333. The number of para-hydroxylation sites is 2. The van der Waals surface area contributed by atoms with E-state index < -0.39 is 0 Å². The van der Waals surface area contributed by atoms with Crippen LogP contribution >= 0.6 is 11.8 Å². The van der Waals surface area contributed by atoms with Crippen LogP contribution in [0.2, 0.25) is 0 Å². The van der Waals surface area contributed by atoms with Crippen molar-refractivity contribution in [2.45, 2.75) is 30.8 Å². The zero-order valence-electron chi connectivity index (χ0n) is 9.88. The second-order valence-electron chi connectivity index (χ2n) is 3.79. The molecule has 2 aromatic rings. The van der Waals surface area contributed by atoms with Crippen LogP contribution in [-0.2, 0) is 11.3 Å². The number of carbonyl (C=O) groups excluding carboxylic acids is 1. The van der Waals surface area contributed by atoms with Crippen LogP contribution in [0.25, 0.3) is 11.0 Å². The van der Waals surface area contributed by atoms with Crippen molar-refractivity contribution < 1.29 is 4.79 Å². The predicted octanol–water partition coefficient (Wildman–Crippen LogP) is 2.02. The molecule has 0 saturated heterocycles. The third-order valence-corrected chi connectivity index (χ3v) is 3.73. The average Bonchev–Trinajstić information content (AvgIpc) is 2.65. The fourth-order valence-corrected chi connectivity index (χ4v) is 2.60. The molecule has 17 heavy (non-hydrogen) atoms. The second-order valence-corrected chi connectivity index (χ2v) is 5.10. The summed E-state index contributed by atoms with van der Waals surface area (Å²) in [6, 6.07) is 7.95. The summed E-state index contributed by atoms with van der Waals surface area (Å²) in [6.45, 7) is 4.69. The molecule has 4 nitrogen and oxygen atoms in total. The molecule has 0 radical (unpaired) electrons. The number of benzene rings is 1. The van der Waals surface area contributed by atoms with Crippen molar-refractivity contribution in [3.8, 4) is 0 Å². The van der Waals surface area contributed by atoms with Crippen molar-refractivity contribution in [1.82, 2.24) is 9.55 Å². The van der Waals surface area contributed by atoms with Gasteiger partial charge in [-0.05, 0) is 26.0 Å². The van der Waals surface area contributed by atoms with E-state index in [1.54, 1.807) is 6.92 Å². The Morgan fingerprint density at radius 3 is 2.88 bits per heavy atom. The number of hydrogen-bond acceptors (Lipinski definition) is 3. The average molecular weight is 249 g/mol. The zero-order chi connectivity index (χ0) is 12.4. The Morgan fingerprint density at radius 2 is 2.24 bits per heavy atom. The van der Waals surface area contributed by atoms with Gasteiger partial charge in [-0.15, -0.1) is 0 Å². The van der Waals surface area contributed by atoms with Gasteiger partial charge in [-0.3, -0.25) is 4.79 Å². The Labute approximate surface area is 104 Å². The summed E-state index contributed by atoms with van der Waals surface area (Å²) in [4.78, 5) is 15.6. The van der Waals surface area contributed by atoms with Crippen LogP contribution in [0, 0.1) is 0 Å². The van der Waals surface area contributed by atoms with Crippen LogP contribution in [0.3, 0.4) is 0 Å². The number of hydrogen-bond donors (Lipinski definition) is 1. The summed E-state index contributed by atoms with van der Waals surface area (Å²) in [7, 11) is 0. The van der Waals surface area contributed by atoms with Crippen molar-refractivity contribution >= 4 is 28.7 Å². The number of fused-ring (bicyclic) bond motifs is 1. The van der Waals surface area contributed by atoms with E-state index in [-0.39, 0.29) is 11.2 Å². The lowest BCUT2D eigenvalue weighted by Gasteiger charge is -2.08. The summed E-state index contributed by atoms with van der Waals surface area (Å²) < 4.78 is 2.10. The molecule has 0 spiro atoms. The lowest BCUT2D eigenvalue weighted by Crippen LogP contribution is -2.23. The molecule has 1 unspecified atom stereocenters. The molecule has 1 heterocycles. The fourth-order valence-electron chi connectivity index (χ4n) is 1.67. The van der Waals surface area contributed by atoms with Gasteiger partial charge in [-0.1, -0.05) is 23.9 Å². The SMILES string of the molecule is CCn1c(SC(C)C(N)=O)nc2ccccc21. The Kier molecular flexibility index (Phi) is 3.38. The second kappa shape index (κ2) is 4.79. The molecule has 0 bridgehead atoms. The highest BCUT2D eigenvalue weighted by atomic mass is 32.2. The zero-order valence-corrected chi connectivity index (χ0v) is 10.7. The number of aryl methyl sites for hydroxylation is 1. The van der Waals surface area contributed by atoms with E-state index in [4.69, 9.17) is 5.73 Å². The van der Waals surface area contributed by atoms with Gasteiger partial charge in [0.25, 0.3) is 0 Å². The quantitative estimate of drug-likeness (QED) is 0.843. The predicted molar refractivity (Wildman–Crippen MR) is 69.9 cm³/mol. The van der Waals surface area contributed by atoms with Crippen molar-refractivity contribution in [1.29, 1.82) is 0 Å². The summed E-state index contributed by atoms with van der Waals surface area (Å²) in [6.07, 6.45) is 0. The van der Waals surface area contributed by atoms with E-state index in [0.29, 0.717) is 0 Å². The molecule has 2 N–H and O–H groups in total. The van der Waals surface area contributed by atoms with E-state index in [2.05, 4.69) is 16.5 Å². The highest BCUT2D eigenvalue weighted by Gasteiger charge is 2.16. The van der Waals surface area contributed by atoms with Gasteiger partial charge in [0.05, 0.1) is 16.3 Å². The first-order valence-corrected chi connectivity index (χ1v) is 6.42. The van der Waals surface area contributed by atoms with Gasteiger partial charge in [0, 0.05) is 6.54 Å². The van der Waals surface area contributed by atoms with E-state index >= 15 is 0 Å². The molecular weight excluding hydrogens is 234 g/mol. The maximum atomic E-state index is 11.1. The Hall–Kier alpha value is -1.49. The summed E-state index contributed by atoms with van der Waals surface area (Å²) in [5.74, 6) is -0.315. The lowest BCUT2D eigenvalue weighted by atomic mass is 10.3. The normalized spacial score (nSPS) is 12.8. The Morgan fingerprint density at radius 1 is 1.53 bits per heavy atom. The first-order valence-electron chi connectivity index (χ1n) is 5.54. The molecule has 0 aliphatic heterocycles. The number of nitrogens with two attached hydrogens (primary N) is 1. The lowest BCUT2D eigenvalue weighted by molar-refractivity contribution is -0.117. The molecule has 5 heteroatoms. The largest absolute Gasteiger partial charge is 0.369 e. The van der Waals surface area contributed by atoms with Gasteiger partial charge in [-0.2, -0.15) is 0 Å². The molecule has 0 aliphatic rings. The number of aromatic nitrogens is 2. The third kappa shape index (κ3) is 2.29. The van der Waals surface area contributed by atoms with Gasteiger partial charge < -0.3 is 10.3 Å². The number of thioether (sulfide) groups is 1. The molecule has 2 rings (SSSR count). The van der Waals surface area contributed by atoms with Crippen LogP contribution in [0.4, 0.5) is 0 Å². The smallest absolute Gasteiger partial charge is 0.230 e.